The molecule has 0 spiro atoms. The maximum atomic E-state index is 10.5. The standard InChI is InChI=1S/C14H30O/c1-6-7-8-9-10-11-14(15,12(2)3)13(4)5/h12-13,15H,6-11H2,1-5H3. The molecule has 0 aromatic carbocycles. The van der Waals surface area contributed by atoms with Gasteiger partial charge in [0.2, 0.25) is 0 Å². The summed E-state index contributed by atoms with van der Waals surface area (Å²) < 4.78 is 0. The van der Waals surface area contributed by atoms with E-state index in [4.69, 9.17) is 0 Å². The summed E-state index contributed by atoms with van der Waals surface area (Å²) in [6.07, 6.45) is 7.36. The van der Waals surface area contributed by atoms with E-state index in [-0.39, 0.29) is 0 Å². The Morgan fingerprint density at radius 1 is 0.867 bits per heavy atom. The fraction of sp³-hybridized carbons (Fsp3) is 1.00. The van der Waals surface area contributed by atoms with E-state index in [1.165, 1.54) is 32.1 Å². The lowest BCUT2D eigenvalue weighted by Gasteiger charge is -2.36. The van der Waals surface area contributed by atoms with E-state index in [1.807, 2.05) is 0 Å². The molecule has 1 N–H and O–H groups in total. The first kappa shape index (κ1) is 15.0. The number of unbranched alkanes of at least 4 members (excludes halogenated alkanes) is 4. The number of hydrogen-bond acceptors (Lipinski definition) is 1. The van der Waals surface area contributed by atoms with Crippen molar-refractivity contribution in [3.63, 3.8) is 0 Å². The predicted octanol–water partition coefficient (Wildman–Crippen LogP) is 4.39. The lowest BCUT2D eigenvalue weighted by Crippen LogP contribution is -2.40. The van der Waals surface area contributed by atoms with Crippen LogP contribution in [0.4, 0.5) is 0 Å². The van der Waals surface area contributed by atoms with E-state index < -0.39 is 5.60 Å². The van der Waals surface area contributed by atoms with Crippen LogP contribution >= 0.6 is 0 Å². The molecule has 15 heavy (non-hydrogen) atoms. The van der Waals surface area contributed by atoms with Crippen LogP contribution in [0.3, 0.4) is 0 Å². The number of hydrogen-bond donors (Lipinski definition) is 1. The van der Waals surface area contributed by atoms with Crippen LogP contribution < -0.4 is 0 Å². The van der Waals surface area contributed by atoms with Gasteiger partial charge in [-0.15, -0.1) is 0 Å². The largest absolute Gasteiger partial charge is 0.389 e. The zero-order valence-corrected chi connectivity index (χ0v) is 11.3. The molecule has 92 valence electrons. The molecule has 0 amide bonds. The molecular formula is C14H30O. The molecule has 0 saturated carbocycles. The van der Waals surface area contributed by atoms with Crippen molar-refractivity contribution >= 4 is 0 Å². The van der Waals surface area contributed by atoms with Gasteiger partial charge in [-0.1, -0.05) is 66.7 Å². The molecule has 0 aliphatic heterocycles. The maximum Gasteiger partial charge on any atom is 0.0693 e. The van der Waals surface area contributed by atoms with Gasteiger partial charge in [0.15, 0.2) is 0 Å². The van der Waals surface area contributed by atoms with E-state index in [9.17, 15) is 5.11 Å². The Bertz CT molecular complexity index is 141. The third kappa shape index (κ3) is 5.01. The summed E-state index contributed by atoms with van der Waals surface area (Å²) in [4.78, 5) is 0. The molecule has 0 aromatic heterocycles. The van der Waals surface area contributed by atoms with Crippen molar-refractivity contribution in [3.8, 4) is 0 Å². The summed E-state index contributed by atoms with van der Waals surface area (Å²) >= 11 is 0. The van der Waals surface area contributed by atoms with E-state index in [2.05, 4.69) is 34.6 Å². The van der Waals surface area contributed by atoms with E-state index in [0.29, 0.717) is 11.8 Å². The Morgan fingerprint density at radius 3 is 1.73 bits per heavy atom. The van der Waals surface area contributed by atoms with Gasteiger partial charge in [0.1, 0.15) is 0 Å². The second-order valence-corrected chi connectivity index (χ2v) is 5.46. The van der Waals surface area contributed by atoms with E-state index >= 15 is 0 Å². The highest BCUT2D eigenvalue weighted by Crippen LogP contribution is 2.31. The highest BCUT2D eigenvalue weighted by Gasteiger charge is 2.33. The summed E-state index contributed by atoms with van der Waals surface area (Å²) in [5.41, 5.74) is -0.452. The minimum absolute atomic E-state index is 0.365. The average Bonchev–Trinajstić information content (AvgIpc) is 2.16. The highest BCUT2D eigenvalue weighted by atomic mass is 16.3. The molecule has 0 saturated heterocycles. The van der Waals surface area contributed by atoms with Crippen LogP contribution in [-0.2, 0) is 0 Å². The molecule has 0 unspecified atom stereocenters. The van der Waals surface area contributed by atoms with Gasteiger partial charge >= 0.3 is 0 Å². The second kappa shape index (κ2) is 7.27. The van der Waals surface area contributed by atoms with Crippen molar-refractivity contribution in [2.24, 2.45) is 11.8 Å². The minimum atomic E-state index is -0.452. The molecule has 0 aliphatic rings. The molecule has 0 heterocycles. The molecule has 0 aromatic rings. The smallest absolute Gasteiger partial charge is 0.0693 e. The number of aliphatic hydroxyl groups is 1. The average molecular weight is 214 g/mol. The Morgan fingerprint density at radius 2 is 1.33 bits per heavy atom. The van der Waals surface area contributed by atoms with Gasteiger partial charge < -0.3 is 5.11 Å². The topological polar surface area (TPSA) is 20.2 Å². The van der Waals surface area contributed by atoms with Crippen molar-refractivity contribution in [1.82, 2.24) is 0 Å². The lowest BCUT2D eigenvalue weighted by atomic mass is 9.77. The Kier molecular flexibility index (Phi) is 7.25. The van der Waals surface area contributed by atoms with Crippen LogP contribution in [0.1, 0.15) is 73.1 Å². The molecule has 0 rings (SSSR count). The molecular weight excluding hydrogens is 184 g/mol. The summed E-state index contributed by atoms with van der Waals surface area (Å²) in [5, 5.41) is 10.5. The predicted molar refractivity (Wildman–Crippen MR) is 68.0 cm³/mol. The van der Waals surface area contributed by atoms with E-state index in [0.717, 1.165) is 6.42 Å². The summed E-state index contributed by atoms with van der Waals surface area (Å²) in [6.45, 7) is 10.8. The van der Waals surface area contributed by atoms with Gasteiger partial charge in [0.25, 0.3) is 0 Å². The van der Waals surface area contributed by atoms with Crippen molar-refractivity contribution < 1.29 is 5.11 Å². The molecule has 0 radical (unpaired) electrons. The Labute approximate surface area is 96.3 Å². The van der Waals surface area contributed by atoms with Crippen LogP contribution in [0.15, 0.2) is 0 Å². The highest BCUT2D eigenvalue weighted by molar-refractivity contribution is 4.84. The molecule has 1 nitrogen and oxygen atoms in total. The van der Waals surface area contributed by atoms with Crippen LogP contribution in [0.25, 0.3) is 0 Å². The third-order valence-electron chi connectivity index (χ3n) is 3.68. The number of rotatable bonds is 8. The van der Waals surface area contributed by atoms with Crippen LogP contribution in [0, 0.1) is 11.8 Å². The van der Waals surface area contributed by atoms with Crippen molar-refractivity contribution in [2.45, 2.75) is 78.7 Å². The monoisotopic (exact) mass is 214 g/mol. The molecule has 0 aliphatic carbocycles. The molecule has 1 heteroatoms. The maximum absolute atomic E-state index is 10.5. The zero-order valence-electron chi connectivity index (χ0n) is 11.3. The fourth-order valence-electron chi connectivity index (χ4n) is 2.26. The van der Waals surface area contributed by atoms with Crippen LogP contribution in [0.2, 0.25) is 0 Å². The van der Waals surface area contributed by atoms with Crippen LogP contribution in [0.5, 0.6) is 0 Å². The van der Waals surface area contributed by atoms with E-state index in [1.54, 1.807) is 0 Å². The van der Waals surface area contributed by atoms with Gasteiger partial charge in [0, 0.05) is 0 Å². The van der Waals surface area contributed by atoms with Crippen LogP contribution in [-0.4, -0.2) is 10.7 Å². The fourth-order valence-corrected chi connectivity index (χ4v) is 2.26. The van der Waals surface area contributed by atoms with Gasteiger partial charge in [-0.2, -0.15) is 0 Å². The third-order valence-corrected chi connectivity index (χ3v) is 3.68. The Hall–Kier alpha value is -0.0400. The first-order valence-electron chi connectivity index (χ1n) is 6.67. The first-order valence-corrected chi connectivity index (χ1v) is 6.67. The van der Waals surface area contributed by atoms with Gasteiger partial charge in [-0.25, -0.2) is 0 Å². The van der Waals surface area contributed by atoms with Gasteiger partial charge in [-0.3, -0.25) is 0 Å². The van der Waals surface area contributed by atoms with Crippen molar-refractivity contribution in [2.75, 3.05) is 0 Å². The summed E-state index contributed by atoms with van der Waals surface area (Å²) in [5.74, 6) is 0.729. The minimum Gasteiger partial charge on any atom is -0.389 e. The van der Waals surface area contributed by atoms with Gasteiger partial charge in [0.05, 0.1) is 5.60 Å². The second-order valence-electron chi connectivity index (χ2n) is 5.46. The quantitative estimate of drug-likeness (QED) is 0.594. The Balaban J connectivity index is 3.88. The summed E-state index contributed by atoms with van der Waals surface area (Å²) in [6, 6.07) is 0. The normalized spacial score (nSPS) is 12.8. The lowest BCUT2D eigenvalue weighted by molar-refractivity contribution is -0.0555. The summed E-state index contributed by atoms with van der Waals surface area (Å²) in [7, 11) is 0. The SMILES string of the molecule is CCCCCCCC(O)(C(C)C)C(C)C. The molecule has 0 atom stereocenters. The van der Waals surface area contributed by atoms with Crippen molar-refractivity contribution in [1.29, 1.82) is 0 Å². The molecule has 0 fully saturated rings. The zero-order chi connectivity index (χ0) is 11.9. The van der Waals surface area contributed by atoms with Gasteiger partial charge in [-0.05, 0) is 18.3 Å². The molecule has 0 bridgehead atoms. The van der Waals surface area contributed by atoms with Crippen molar-refractivity contribution in [3.05, 3.63) is 0 Å². The first-order chi connectivity index (χ1) is 6.95.